The average Bonchev–Trinajstić information content (AvgIpc) is 3.06. The molecule has 5 nitrogen and oxygen atoms in total. The molecule has 0 aromatic heterocycles. The molecule has 0 bridgehead atoms. The van der Waals surface area contributed by atoms with E-state index in [4.69, 9.17) is 5.11 Å². The molecule has 1 fully saturated rings. The number of hydrogen-bond acceptors (Lipinski definition) is 2. The Morgan fingerprint density at radius 1 is 1.26 bits per heavy atom. The van der Waals surface area contributed by atoms with Gasteiger partial charge in [-0.15, -0.1) is 0 Å². The minimum Gasteiger partial charge on any atom is -0.480 e. The van der Waals surface area contributed by atoms with Crippen LogP contribution in [0.15, 0.2) is 0 Å². The molecule has 2 atom stereocenters. The number of hydrogen-bond donors (Lipinski definition) is 3. The second-order valence-electron chi connectivity index (χ2n) is 6.54. The second-order valence-corrected chi connectivity index (χ2v) is 6.54. The van der Waals surface area contributed by atoms with Crippen LogP contribution >= 0.6 is 0 Å². The predicted octanol–water partition coefficient (Wildman–Crippen LogP) is 2.36. The third-order valence-corrected chi connectivity index (χ3v) is 3.53. The fourth-order valence-corrected chi connectivity index (χ4v) is 2.09. The topological polar surface area (TPSA) is 78.4 Å². The van der Waals surface area contributed by atoms with Gasteiger partial charge in [0.15, 0.2) is 0 Å². The normalized spacial score (nSPS) is 18.5. The molecule has 0 aliphatic heterocycles. The average molecular weight is 270 g/mol. The summed E-state index contributed by atoms with van der Waals surface area (Å²) < 4.78 is 0. The lowest BCUT2D eigenvalue weighted by atomic mass is 9.87. The monoisotopic (exact) mass is 270 g/mol. The molecule has 0 spiro atoms. The molecule has 1 rings (SSSR count). The van der Waals surface area contributed by atoms with Crippen molar-refractivity contribution < 1.29 is 14.7 Å². The third kappa shape index (κ3) is 5.49. The van der Waals surface area contributed by atoms with Gasteiger partial charge in [0.05, 0.1) is 0 Å². The lowest BCUT2D eigenvalue weighted by Crippen LogP contribution is -2.53. The molecular formula is C14H26N2O3. The maximum atomic E-state index is 11.9. The van der Waals surface area contributed by atoms with Gasteiger partial charge < -0.3 is 15.7 Å². The zero-order valence-corrected chi connectivity index (χ0v) is 12.3. The molecule has 19 heavy (non-hydrogen) atoms. The Balaban J connectivity index is 2.49. The standard InChI is InChI=1S/C14H26N2O3/c1-5-10(8-9-6-7-9)15-13(19)16-11(12(17)18)14(2,3)4/h9-11H,5-8H2,1-4H3,(H,17,18)(H2,15,16,19). The molecular weight excluding hydrogens is 244 g/mol. The molecule has 0 aromatic carbocycles. The summed E-state index contributed by atoms with van der Waals surface area (Å²) in [6.45, 7) is 7.43. The SMILES string of the molecule is CCC(CC1CC1)NC(=O)NC(C(=O)O)C(C)(C)C. The maximum absolute atomic E-state index is 11.9. The van der Waals surface area contributed by atoms with E-state index in [1.165, 1.54) is 12.8 Å². The quantitative estimate of drug-likeness (QED) is 0.693. The van der Waals surface area contributed by atoms with Crippen molar-refractivity contribution in [2.75, 3.05) is 0 Å². The minimum atomic E-state index is -1.00. The highest BCUT2D eigenvalue weighted by atomic mass is 16.4. The van der Waals surface area contributed by atoms with Gasteiger partial charge in [-0.25, -0.2) is 9.59 Å². The van der Waals surface area contributed by atoms with Gasteiger partial charge in [-0.3, -0.25) is 0 Å². The number of amides is 2. The number of carboxylic acid groups (broad SMARTS) is 1. The van der Waals surface area contributed by atoms with Gasteiger partial charge in [-0.1, -0.05) is 40.5 Å². The Kier molecular flexibility index (Phi) is 5.20. The Morgan fingerprint density at radius 2 is 1.84 bits per heavy atom. The van der Waals surface area contributed by atoms with Crippen LogP contribution in [0.3, 0.4) is 0 Å². The number of rotatable bonds is 6. The Morgan fingerprint density at radius 3 is 2.21 bits per heavy atom. The van der Waals surface area contributed by atoms with Gasteiger partial charge in [0.25, 0.3) is 0 Å². The van der Waals surface area contributed by atoms with Crippen molar-refractivity contribution in [2.45, 2.75) is 65.5 Å². The molecule has 1 aliphatic carbocycles. The van der Waals surface area contributed by atoms with Gasteiger partial charge in [0, 0.05) is 6.04 Å². The number of nitrogens with one attached hydrogen (secondary N) is 2. The zero-order valence-electron chi connectivity index (χ0n) is 12.3. The van der Waals surface area contributed by atoms with Crippen molar-refractivity contribution in [1.82, 2.24) is 10.6 Å². The van der Waals surface area contributed by atoms with E-state index in [0.29, 0.717) is 0 Å². The van der Waals surface area contributed by atoms with Crippen LogP contribution in [0.5, 0.6) is 0 Å². The Bertz CT molecular complexity index is 332. The second kappa shape index (κ2) is 6.26. The lowest BCUT2D eigenvalue weighted by Gasteiger charge is -2.28. The fraction of sp³-hybridized carbons (Fsp3) is 0.857. The maximum Gasteiger partial charge on any atom is 0.326 e. The highest BCUT2D eigenvalue weighted by Crippen LogP contribution is 2.34. The molecule has 2 unspecified atom stereocenters. The first-order valence-electron chi connectivity index (χ1n) is 7.03. The molecule has 5 heteroatoms. The van der Waals surface area contributed by atoms with Gasteiger partial charge in [0.2, 0.25) is 0 Å². The van der Waals surface area contributed by atoms with Crippen molar-refractivity contribution >= 4 is 12.0 Å². The Hall–Kier alpha value is -1.26. The van der Waals surface area contributed by atoms with E-state index in [1.54, 1.807) is 20.8 Å². The highest BCUT2D eigenvalue weighted by molar-refractivity contribution is 5.83. The molecule has 2 amide bonds. The summed E-state index contributed by atoms with van der Waals surface area (Å²) in [7, 11) is 0. The van der Waals surface area contributed by atoms with Crippen molar-refractivity contribution in [1.29, 1.82) is 0 Å². The molecule has 0 saturated heterocycles. The van der Waals surface area contributed by atoms with Crippen molar-refractivity contribution in [2.24, 2.45) is 11.3 Å². The number of urea groups is 1. The number of carboxylic acids is 1. The molecule has 0 heterocycles. The molecule has 110 valence electrons. The molecule has 3 N–H and O–H groups in total. The summed E-state index contributed by atoms with van der Waals surface area (Å²) in [5.41, 5.74) is -0.513. The molecule has 1 saturated carbocycles. The van der Waals surface area contributed by atoms with E-state index in [0.717, 1.165) is 18.8 Å². The van der Waals surface area contributed by atoms with E-state index >= 15 is 0 Å². The number of carbonyl (C=O) groups is 2. The van der Waals surface area contributed by atoms with Gasteiger partial charge in [-0.05, 0) is 24.2 Å². The fourth-order valence-electron chi connectivity index (χ4n) is 2.09. The van der Waals surface area contributed by atoms with Gasteiger partial charge in [-0.2, -0.15) is 0 Å². The summed E-state index contributed by atoms with van der Waals surface area (Å²) in [5.74, 6) is -0.263. The summed E-state index contributed by atoms with van der Waals surface area (Å²) in [6.07, 6.45) is 4.37. The first-order valence-corrected chi connectivity index (χ1v) is 7.03. The van der Waals surface area contributed by atoms with Crippen LogP contribution in [0.25, 0.3) is 0 Å². The summed E-state index contributed by atoms with van der Waals surface area (Å²) in [5, 5.41) is 14.6. The zero-order chi connectivity index (χ0) is 14.6. The van der Waals surface area contributed by atoms with Crippen LogP contribution in [-0.2, 0) is 4.79 Å². The highest BCUT2D eigenvalue weighted by Gasteiger charge is 2.33. The number of carbonyl (C=O) groups excluding carboxylic acids is 1. The van der Waals surface area contributed by atoms with Crippen molar-refractivity contribution in [3.63, 3.8) is 0 Å². The summed E-state index contributed by atoms with van der Waals surface area (Å²) in [6, 6.07) is -1.12. The molecule has 1 aliphatic rings. The largest absolute Gasteiger partial charge is 0.480 e. The van der Waals surface area contributed by atoms with E-state index in [2.05, 4.69) is 10.6 Å². The first kappa shape index (κ1) is 15.8. The molecule has 0 aromatic rings. The van der Waals surface area contributed by atoms with E-state index in [9.17, 15) is 9.59 Å². The number of aliphatic carboxylic acids is 1. The third-order valence-electron chi connectivity index (χ3n) is 3.53. The van der Waals surface area contributed by atoms with E-state index in [-0.39, 0.29) is 12.1 Å². The van der Waals surface area contributed by atoms with E-state index in [1.807, 2.05) is 6.92 Å². The summed E-state index contributed by atoms with van der Waals surface area (Å²) >= 11 is 0. The first-order chi connectivity index (χ1) is 8.74. The van der Waals surface area contributed by atoms with Gasteiger partial charge >= 0.3 is 12.0 Å². The Labute approximate surface area is 115 Å². The molecule has 0 radical (unpaired) electrons. The van der Waals surface area contributed by atoms with Crippen molar-refractivity contribution in [3.8, 4) is 0 Å². The van der Waals surface area contributed by atoms with Crippen LogP contribution in [0.2, 0.25) is 0 Å². The van der Waals surface area contributed by atoms with Crippen molar-refractivity contribution in [3.05, 3.63) is 0 Å². The van der Waals surface area contributed by atoms with Gasteiger partial charge in [0.1, 0.15) is 6.04 Å². The smallest absolute Gasteiger partial charge is 0.326 e. The van der Waals surface area contributed by atoms with E-state index < -0.39 is 17.4 Å². The minimum absolute atomic E-state index is 0.141. The van der Waals surface area contributed by atoms with Crippen LogP contribution < -0.4 is 10.6 Å². The van der Waals surface area contributed by atoms with Crippen LogP contribution in [-0.4, -0.2) is 29.2 Å². The van der Waals surface area contributed by atoms with Crippen LogP contribution in [0.1, 0.15) is 53.4 Å². The van der Waals surface area contributed by atoms with Crippen LogP contribution in [0, 0.1) is 11.3 Å². The summed E-state index contributed by atoms with van der Waals surface area (Å²) in [4.78, 5) is 23.1. The predicted molar refractivity (Wildman–Crippen MR) is 74.0 cm³/mol. The lowest BCUT2D eigenvalue weighted by molar-refractivity contribution is -0.141. The van der Waals surface area contributed by atoms with Crippen LogP contribution in [0.4, 0.5) is 4.79 Å².